The number of anilines is 2. The highest BCUT2D eigenvalue weighted by atomic mass is 32.2. The van der Waals surface area contributed by atoms with Gasteiger partial charge in [-0.2, -0.15) is 17.5 Å². The maximum Gasteiger partial charge on any atom is 0.421 e. The van der Waals surface area contributed by atoms with Crippen LogP contribution in [0.4, 0.5) is 24.1 Å². The molecule has 5 atom stereocenters. The number of aromatic nitrogens is 2. The summed E-state index contributed by atoms with van der Waals surface area (Å²) in [5.41, 5.74) is 2.69. The standard InChI is InChI=1S/C24H31F3N6O5S2/c1-14(33-16-7-18(34)8-17(33)13-38-12-16)19-11-31(40(36,37)21-4-3-20(28)39-21)5-6-32(19)22-29-9-15(10-30-22)23(2,35)24(25,26)27/h3-4,9-10,16-19,34-35H,1,5-8,11-13,28H2,2H3/t16-,17?,18?,19+,23?/m0/s1. The summed E-state index contributed by atoms with van der Waals surface area (Å²) >= 11 is 0.960. The molecule has 5 heterocycles. The molecule has 0 aliphatic carbocycles. The summed E-state index contributed by atoms with van der Waals surface area (Å²) in [4.78, 5) is 12.1. The Labute approximate surface area is 233 Å². The number of halogens is 3. The van der Waals surface area contributed by atoms with Crippen molar-refractivity contribution in [3.8, 4) is 0 Å². The van der Waals surface area contributed by atoms with Gasteiger partial charge in [0.05, 0.1) is 42.4 Å². The van der Waals surface area contributed by atoms with E-state index < -0.39 is 39.5 Å². The van der Waals surface area contributed by atoms with Gasteiger partial charge in [0.15, 0.2) is 5.60 Å². The molecule has 2 bridgehead atoms. The van der Waals surface area contributed by atoms with Gasteiger partial charge in [0.2, 0.25) is 5.95 Å². The highest BCUT2D eigenvalue weighted by molar-refractivity contribution is 7.91. The van der Waals surface area contributed by atoms with Gasteiger partial charge in [-0.05, 0) is 31.9 Å². The number of nitrogens with two attached hydrogens (primary N) is 1. The molecule has 3 unspecified atom stereocenters. The molecule has 2 aromatic heterocycles. The van der Waals surface area contributed by atoms with Gasteiger partial charge in [0.25, 0.3) is 10.0 Å². The quantitative estimate of drug-likeness (QED) is 0.444. The number of thiophene rings is 1. The smallest absolute Gasteiger partial charge is 0.393 e. The molecule has 0 radical (unpaired) electrons. The van der Waals surface area contributed by atoms with Crippen LogP contribution in [0.2, 0.25) is 0 Å². The summed E-state index contributed by atoms with van der Waals surface area (Å²) < 4.78 is 74.2. The number of piperidine rings is 1. The average Bonchev–Trinajstić information content (AvgIpc) is 3.34. The number of hydrogen-bond donors (Lipinski definition) is 3. The van der Waals surface area contributed by atoms with Crippen molar-refractivity contribution < 1.29 is 36.5 Å². The fourth-order valence-electron chi connectivity index (χ4n) is 5.51. The largest absolute Gasteiger partial charge is 0.421 e. The molecule has 0 spiro atoms. The Bertz CT molecular complexity index is 1340. The third-order valence-electron chi connectivity index (χ3n) is 7.76. The zero-order chi connectivity index (χ0) is 29.0. The molecule has 0 saturated carbocycles. The van der Waals surface area contributed by atoms with E-state index in [0.29, 0.717) is 43.7 Å². The second-order valence-electron chi connectivity index (χ2n) is 10.4. The Balaban J connectivity index is 1.48. The van der Waals surface area contributed by atoms with E-state index in [2.05, 4.69) is 21.4 Å². The third kappa shape index (κ3) is 5.16. The zero-order valence-electron chi connectivity index (χ0n) is 21.7. The van der Waals surface area contributed by atoms with Crippen LogP contribution in [0.15, 0.2) is 41.0 Å². The first-order chi connectivity index (χ1) is 18.7. The SMILES string of the molecule is C=C([C@H]1CN(S(=O)(=O)c2ccc(N)s2)CCN1c1ncc(C(C)(O)C(F)(F)F)cn1)N1C2COC[C@@H]1CC(O)C2. The van der Waals surface area contributed by atoms with Crippen LogP contribution in [-0.2, 0) is 20.4 Å². The minimum absolute atomic E-state index is 0.0241. The molecule has 220 valence electrons. The lowest BCUT2D eigenvalue weighted by molar-refractivity contribution is -0.259. The lowest BCUT2D eigenvalue weighted by Crippen LogP contribution is -2.63. The van der Waals surface area contributed by atoms with E-state index in [1.165, 1.54) is 16.4 Å². The van der Waals surface area contributed by atoms with Crippen molar-refractivity contribution in [1.29, 1.82) is 0 Å². The zero-order valence-corrected chi connectivity index (χ0v) is 23.3. The number of ether oxygens (including phenoxy) is 1. The van der Waals surface area contributed by atoms with Gasteiger partial charge in [-0.1, -0.05) is 6.58 Å². The lowest BCUT2D eigenvalue weighted by atomic mass is 9.90. The van der Waals surface area contributed by atoms with Crippen molar-refractivity contribution in [1.82, 2.24) is 19.2 Å². The van der Waals surface area contributed by atoms with Gasteiger partial charge in [0, 0.05) is 43.3 Å². The van der Waals surface area contributed by atoms with Gasteiger partial charge >= 0.3 is 6.18 Å². The van der Waals surface area contributed by atoms with Crippen molar-refractivity contribution in [3.05, 3.63) is 42.4 Å². The summed E-state index contributed by atoms with van der Waals surface area (Å²) in [5.74, 6) is 0.0729. The Kier molecular flexibility index (Phi) is 7.54. The molecule has 4 N–H and O–H groups in total. The maximum atomic E-state index is 13.5. The second-order valence-corrected chi connectivity index (χ2v) is 13.7. The van der Waals surface area contributed by atoms with Gasteiger partial charge in [-0.3, -0.25) is 0 Å². The molecule has 3 saturated heterocycles. The highest BCUT2D eigenvalue weighted by Gasteiger charge is 2.52. The van der Waals surface area contributed by atoms with E-state index in [4.69, 9.17) is 10.5 Å². The van der Waals surface area contributed by atoms with Crippen LogP contribution in [-0.4, -0.2) is 101 Å². The fourth-order valence-corrected chi connectivity index (χ4v) is 8.20. The number of fused-ring (bicyclic) bond motifs is 2. The predicted molar refractivity (Wildman–Crippen MR) is 141 cm³/mol. The number of hydrogen-bond acceptors (Lipinski definition) is 11. The summed E-state index contributed by atoms with van der Waals surface area (Å²) in [7, 11) is -3.89. The second kappa shape index (κ2) is 10.4. The van der Waals surface area contributed by atoms with Crippen molar-refractivity contribution >= 4 is 32.3 Å². The minimum Gasteiger partial charge on any atom is -0.393 e. The third-order valence-corrected chi connectivity index (χ3v) is 11.0. The van der Waals surface area contributed by atoms with Gasteiger partial charge in [-0.15, -0.1) is 11.3 Å². The lowest BCUT2D eigenvalue weighted by Gasteiger charge is -2.53. The molecule has 40 heavy (non-hydrogen) atoms. The number of sulfonamides is 1. The monoisotopic (exact) mass is 604 g/mol. The number of nitrogen functional groups attached to an aromatic ring is 1. The molecule has 3 aliphatic heterocycles. The topological polar surface area (TPSA) is 145 Å². The molecule has 2 aromatic rings. The molecule has 3 fully saturated rings. The normalized spacial score (nSPS) is 27.9. The Hall–Kier alpha value is -2.50. The van der Waals surface area contributed by atoms with Gasteiger partial charge in [0.1, 0.15) is 4.21 Å². The summed E-state index contributed by atoms with van der Waals surface area (Å²) in [6, 6.07) is 1.95. The van der Waals surface area contributed by atoms with Crippen molar-refractivity contribution in [2.45, 2.75) is 60.0 Å². The van der Waals surface area contributed by atoms with Crippen molar-refractivity contribution in [2.75, 3.05) is 43.5 Å². The predicted octanol–water partition coefficient (Wildman–Crippen LogP) is 1.51. The van der Waals surface area contributed by atoms with Gasteiger partial charge in [-0.25, -0.2) is 18.4 Å². The average molecular weight is 605 g/mol. The molecule has 0 aromatic carbocycles. The van der Waals surface area contributed by atoms with Gasteiger partial charge < -0.3 is 30.5 Å². The van der Waals surface area contributed by atoms with E-state index >= 15 is 0 Å². The molecule has 5 rings (SSSR count). The first kappa shape index (κ1) is 29.0. The summed E-state index contributed by atoms with van der Waals surface area (Å²) in [6.07, 6.45) is -2.67. The molecular formula is C24H31F3N6O5S2. The van der Waals surface area contributed by atoms with E-state index in [1.54, 1.807) is 4.90 Å². The Morgan fingerprint density at radius 1 is 1.18 bits per heavy atom. The van der Waals surface area contributed by atoms with Crippen molar-refractivity contribution in [3.63, 3.8) is 0 Å². The van der Waals surface area contributed by atoms with Crippen LogP contribution >= 0.6 is 11.3 Å². The first-order valence-electron chi connectivity index (χ1n) is 12.7. The van der Waals surface area contributed by atoms with Crippen molar-refractivity contribution in [2.24, 2.45) is 0 Å². The van der Waals surface area contributed by atoms with Crippen LogP contribution in [0.5, 0.6) is 0 Å². The van der Waals surface area contributed by atoms with Crippen LogP contribution in [0, 0.1) is 0 Å². The van der Waals surface area contributed by atoms with E-state index in [0.717, 1.165) is 23.7 Å². The van der Waals surface area contributed by atoms with E-state index in [9.17, 15) is 31.8 Å². The van der Waals surface area contributed by atoms with Crippen LogP contribution < -0.4 is 10.6 Å². The highest BCUT2D eigenvalue weighted by Crippen LogP contribution is 2.39. The van der Waals surface area contributed by atoms with E-state index in [1.807, 2.05) is 0 Å². The molecule has 16 heteroatoms. The Morgan fingerprint density at radius 2 is 1.80 bits per heavy atom. The number of rotatable bonds is 6. The van der Waals surface area contributed by atoms with Crippen LogP contribution in [0.1, 0.15) is 25.3 Å². The minimum atomic E-state index is -4.93. The van der Waals surface area contributed by atoms with E-state index in [-0.39, 0.29) is 41.9 Å². The molecule has 0 amide bonds. The number of aliphatic hydroxyl groups is 2. The molecule has 11 nitrogen and oxygen atoms in total. The number of morpholine rings is 1. The first-order valence-corrected chi connectivity index (χ1v) is 14.9. The fraction of sp³-hybridized carbons (Fsp3) is 0.583. The maximum absolute atomic E-state index is 13.5. The summed E-state index contributed by atoms with van der Waals surface area (Å²) in [5, 5.41) is 20.7. The number of alkyl halides is 3. The van der Waals surface area contributed by atoms with Crippen LogP contribution in [0.25, 0.3) is 0 Å². The summed E-state index contributed by atoms with van der Waals surface area (Å²) in [6.45, 7) is 5.86. The number of aliphatic hydroxyl groups excluding tert-OH is 1. The molecule has 3 aliphatic rings. The van der Waals surface area contributed by atoms with Crippen LogP contribution in [0.3, 0.4) is 0 Å². The Morgan fingerprint density at radius 3 is 2.35 bits per heavy atom. The molecular weight excluding hydrogens is 573 g/mol. The number of piperazine rings is 1. The number of nitrogens with zero attached hydrogens (tertiary/aromatic N) is 5.